The predicted octanol–water partition coefficient (Wildman–Crippen LogP) is 3.00. The van der Waals surface area contributed by atoms with Crippen LogP contribution in [-0.4, -0.2) is 31.2 Å². The maximum atomic E-state index is 12.4. The third-order valence-electron chi connectivity index (χ3n) is 5.42. The quantitative estimate of drug-likeness (QED) is 0.875. The first-order valence-corrected chi connectivity index (χ1v) is 8.92. The van der Waals surface area contributed by atoms with Crippen LogP contribution < -0.4 is 11.1 Å². The number of nitrogens with two attached hydrogens (primary N) is 1. The average molecular weight is 353 g/mol. The molecule has 1 saturated carbocycles. The summed E-state index contributed by atoms with van der Waals surface area (Å²) in [5.41, 5.74) is 7.59. The van der Waals surface area contributed by atoms with Crippen molar-refractivity contribution in [1.82, 2.24) is 5.32 Å². The molecule has 1 saturated heterocycles. The summed E-state index contributed by atoms with van der Waals surface area (Å²) in [5, 5.41) is 3.18. The lowest BCUT2D eigenvalue weighted by atomic mass is 9.81. The van der Waals surface area contributed by atoms with E-state index in [1.54, 1.807) is 0 Å². The van der Waals surface area contributed by atoms with Crippen LogP contribution in [0, 0.1) is 5.92 Å². The lowest BCUT2D eigenvalue weighted by Crippen LogP contribution is -2.50. The molecule has 5 heteroatoms. The van der Waals surface area contributed by atoms with E-state index in [0.717, 1.165) is 51.7 Å². The first-order chi connectivity index (χ1) is 11.2. The summed E-state index contributed by atoms with van der Waals surface area (Å²) in [4.78, 5) is 12.4. The molecule has 2 aliphatic rings. The lowest BCUT2D eigenvalue weighted by molar-refractivity contribution is -0.125. The monoisotopic (exact) mass is 352 g/mol. The number of carbonyl (C=O) groups is 1. The van der Waals surface area contributed by atoms with Crippen LogP contribution in [0.2, 0.25) is 0 Å². The second-order valence-corrected chi connectivity index (χ2v) is 6.94. The fourth-order valence-electron chi connectivity index (χ4n) is 3.88. The topological polar surface area (TPSA) is 64.4 Å². The van der Waals surface area contributed by atoms with E-state index in [1.165, 1.54) is 5.56 Å². The largest absolute Gasteiger partial charge is 0.381 e. The predicted molar refractivity (Wildman–Crippen MR) is 98.3 cm³/mol. The number of ether oxygens (including phenoxy) is 1. The van der Waals surface area contributed by atoms with Gasteiger partial charge in [0.05, 0.1) is 6.04 Å². The highest BCUT2D eigenvalue weighted by Gasteiger charge is 2.29. The summed E-state index contributed by atoms with van der Waals surface area (Å²) >= 11 is 0. The molecular weight excluding hydrogens is 324 g/mol. The second kappa shape index (κ2) is 9.40. The van der Waals surface area contributed by atoms with Crippen LogP contribution in [0.1, 0.15) is 50.0 Å². The molecule has 1 aromatic carbocycles. The summed E-state index contributed by atoms with van der Waals surface area (Å²) in [7, 11) is 0. The Hall–Kier alpha value is -1.10. The summed E-state index contributed by atoms with van der Waals surface area (Å²) < 4.78 is 5.35. The van der Waals surface area contributed by atoms with E-state index in [9.17, 15) is 4.79 Å². The minimum absolute atomic E-state index is 0. The maximum Gasteiger partial charge on any atom is 0.237 e. The molecule has 0 spiro atoms. The molecule has 1 aliphatic heterocycles. The number of halogens is 1. The van der Waals surface area contributed by atoms with Gasteiger partial charge in [-0.05, 0) is 55.9 Å². The molecule has 1 aliphatic carbocycles. The first kappa shape index (κ1) is 19.2. The Bertz CT molecular complexity index is 497. The summed E-state index contributed by atoms with van der Waals surface area (Å²) in [6.45, 7) is 1.46. The SMILES string of the molecule is Cl.NC(C(=O)NC1CCC(c2ccccc2)CC1)C1CCOCC1. The van der Waals surface area contributed by atoms with Crippen molar-refractivity contribution in [3.05, 3.63) is 35.9 Å². The second-order valence-electron chi connectivity index (χ2n) is 6.94. The van der Waals surface area contributed by atoms with Crippen LogP contribution in [0.5, 0.6) is 0 Å². The van der Waals surface area contributed by atoms with Crippen LogP contribution >= 0.6 is 12.4 Å². The molecule has 1 unspecified atom stereocenters. The Labute approximate surface area is 150 Å². The molecule has 1 amide bonds. The standard InChI is InChI=1S/C19H28N2O2.ClH/c20-18(16-10-12-23-13-11-16)19(22)21-17-8-6-15(7-9-17)14-4-2-1-3-5-14;/h1-5,15-18H,6-13,20H2,(H,21,22);1H. The van der Waals surface area contributed by atoms with E-state index >= 15 is 0 Å². The molecule has 3 rings (SSSR count). The van der Waals surface area contributed by atoms with Crippen molar-refractivity contribution in [2.45, 2.75) is 56.5 Å². The van der Waals surface area contributed by atoms with Gasteiger partial charge in [0.2, 0.25) is 5.91 Å². The summed E-state index contributed by atoms with van der Waals surface area (Å²) in [5.74, 6) is 0.929. The Morgan fingerprint density at radius 3 is 2.29 bits per heavy atom. The Kier molecular flexibility index (Phi) is 7.53. The van der Waals surface area contributed by atoms with Crippen molar-refractivity contribution in [2.24, 2.45) is 11.7 Å². The van der Waals surface area contributed by atoms with E-state index < -0.39 is 0 Å². The maximum absolute atomic E-state index is 12.4. The van der Waals surface area contributed by atoms with Crippen molar-refractivity contribution in [3.63, 3.8) is 0 Å². The Morgan fingerprint density at radius 2 is 1.67 bits per heavy atom. The molecule has 1 aromatic rings. The molecule has 0 aromatic heterocycles. The molecule has 2 fully saturated rings. The molecular formula is C19H29ClN2O2. The Morgan fingerprint density at radius 1 is 1.04 bits per heavy atom. The molecule has 134 valence electrons. The molecule has 4 nitrogen and oxygen atoms in total. The number of amides is 1. The van der Waals surface area contributed by atoms with Gasteiger partial charge in [0.25, 0.3) is 0 Å². The number of hydrogen-bond acceptors (Lipinski definition) is 3. The minimum Gasteiger partial charge on any atom is -0.381 e. The fraction of sp³-hybridized carbons (Fsp3) is 0.632. The van der Waals surface area contributed by atoms with Gasteiger partial charge in [0.1, 0.15) is 0 Å². The zero-order valence-electron chi connectivity index (χ0n) is 14.2. The van der Waals surface area contributed by atoms with Gasteiger partial charge < -0.3 is 15.8 Å². The van der Waals surface area contributed by atoms with Crippen molar-refractivity contribution in [3.8, 4) is 0 Å². The lowest BCUT2D eigenvalue weighted by Gasteiger charge is -2.32. The number of benzene rings is 1. The smallest absolute Gasteiger partial charge is 0.237 e. The van der Waals surface area contributed by atoms with Crippen LogP contribution in [-0.2, 0) is 9.53 Å². The van der Waals surface area contributed by atoms with E-state index in [4.69, 9.17) is 10.5 Å². The van der Waals surface area contributed by atoms with Crippen LogP contribution in [0.3, 0.4) is 0 Å². The molecule has 0 radical (unpaired) electrons. The van der Waals surface area contributed by atoms with Crippen LogP contribution in [0.4, 0.5) is 0 Å². The van der Waals surface area contributed by atoms with Gasteiger partial charge in [-0.2, -0.15) is 0 Å². The molecule has 1 atom stereocenters. The molecule has 1 heterocycles. The van der Waals surface area contributed by atoms with Gasteiger partial charge >= 0.3 is 0 Å². The highest BCUT2D eigenvalue weighted by Crippen LogP contribution is 2.32. The number of hydrogen-bond donors (Lipinski definition) is 2. The minimum atomic E-state index is -0.384. The van der Waals surface area contributed by atoms with Crippen molar-refractivity contribution in [2.75, 3.05) is 13.2 Å². The van der Waals surface area contributed by atoms with Gasteiger partial charge in [-0.3, -0.25) is 4.79 Å². The zero-order chi connectivity index (χ0) is 16.1. The van der Waals surface area contributed by atoms with Crippen molar-refractivity contribution < 1.29 is 9.53 Å². The van der Waals surface area contributed by atoms with Gasteiger partial charge in [0.15, 0.2) is 0 Å². The summed E-state index contributed by atoms with van der Waals surface area (Å²) in [6, 6.07) is 10.6. The zero-order valence-corrected chi connectivity index (χ0v) is 15.0. The van der Waals surface area contributed by atoms with E-state index in [0.29, 0.717) is 5.92 Å². The van der Waals surface area contributed by atoms with Gasteiger partial charge in [0, 0.05) is 19.3 Å². The molecule has 0 bridgehead atoms. The molecule has 3 N–H and O–H groups in total. The highest BCUT2D eigenvalue weighted by atomic mass is 35.5. The number of rotatable bonds is 4. The van der Waals surface area contributed by atoms with Gasteiger partial charge in [-0.1, -0.05) is 30.3 Å². The van der Waals surface area contributed by atoms with Gasteiger partial charge in [-0.25, -0.2) is 0 Å². The van der Waals surface area contributed by atoms with Gasteiger partial charge in [-0.15, -0.1) is 12.4 Å². The van der Waals surface area contributed by atoms with Crippen molar-refractivity contribution >= 4 is 18.3 Å². The highest BCUT2D eigenvalue weighted by molar-refractivity contribution is 5.85. The van der Waals surface area contributed by atoms with Crippen LogP contribution in [0.25, 0.3) is 0 Å². The van der Waals surface area contributed by atoms with Crippen molar-refractivity contribution in [1.29, 1.82) is 0 Å². The summed E-state index contributed by atoms with van der Waals surface area (Å²) in [6.07, 6.45) is 6.17. The third kappa shape index (κ3) is 4.95. The third-order valence-corrected chi connectivity index (χ3v) is 5.42. The van der Waals surface area contributed by atoms with Crippen LogP contribution in [0.15, 0.2) is 30.3 Å². The first-order valence-electron chi connectivity index (χ1n) is 8.92. The van der Waals surface area contributed by atoms with E-state index in [-0.39, 0.29) is 36.3 Å². The fourth-order valence-corrected chi connectivity index (χ4v) is 3.88. The van der Waals surface area contributed by atoms with E-state index in [2.05, 4.69) is 35.6 Å². The van der Waals surface area contributed by atoms with E-state index in [1.807, 2.05) is 0 Å². The number of carbonyl (C=O) groups excluding carboxylic acids is 1. The number of nitrogens with one attached hydrogen (secondary N) is 1. The average Bonchev–Trinajstić information content (AvgIpc) is 2.63. The molecule has 24 heavy (non-hydrogen) atoms. The normalized spacial score (nSPS) is 26.2. The Balaban J connectivity index is 0.00000208.